The van der Waals surface area contributed by atoms with E-state index in [0.29, 0.717) is 11.5 Å². The number of fused-ring (bicyclic) bond motifs is 3. The zero-order valence-corrected chi connectivity index (χ0v) is 32.9. The molecular formula is C57H34N4. The number of hydrogen-bond acceptors (Lipinski definition) is 2. The van der Waals surface area contributed by atoms with E-state index < -0.39 is 0 Å². The molecule has 2 heterocycles. The molecule has 12 aromatic rings. The average molecular weight is 775 g/mol. The monoisotopic (exact) mass is 774 g/mol. The van der Waals surface area contributed by atoms with Gasteiger partial charge in [-0.2, -0.15) is 0 Å². The Kier molecular flexibility index (Phi) is 7.88. The SMILES string of the molecule is [C-]#[N+]c1ccc2c(c1)c1cc(-c3cccc(-c4ccc5ccc6c(-c7nc(-c8ccccc8)cc(-c8ccccc8)n7)ccc7ccc4c5c76)c3)ccc1n2-c1ccccc1. The predicted octanol–water partition coefficient (Wildman–Crippen LogP) is 15.4. The molecule has 0 amide bonds. The number of aromatic nitrogens is 3. The second-order valence-corrected chi connectivity index (χ2v) is 15.6. The number of nitrogens with zero attached hydrogens (tertiary/aromatic N) is 4. The molecule has 0 bridgehead atoms. The molecule has 4 nitrogen and oxygen atoms in total. The first kappa shape index (κ1) is 34.6. The molecule has 0 atom stereocenters. The third-order valence-corrected chi connectivity index (χ3v) is 12.2. The third-order valence-electron chi connectivity index (χ3n) is 12.2. The van der Waals surface area contributed by atoms with E-state index in [9.17, 15) is 0 Å². The lowest BCUT2D eigenvalue weighted by Gasteiger charge is -2.17. The Bertz CT molecular complexity index is 3640. The van der Waals surface area contributed by atoms with Gasteiger partial charge in [0.05, 0.1) is 29.0 Å². The maximum absolute atomic E-state index is 7.74. The minimum atomic E-state index is 0.637. The Hall–Kier alpha value is -8.39. The maximum Gasteiger partial charge on any atom is 0.188 e. The molecule has 0 saturated heterocycles. The molecule has 282 valence electrons. The molecule has 4 heteroatoms. The number of para-hydroxylation sites is 1. The van der Waals surface area contributed by atoms with Crippen LogP contribution >= 0.6 is 0 Å². The lowest BCUT2D eigenvalue weighted by molar-refractivity contribution is 1.18. The van der Waals surface area contributed by atoms with Crippen molar-refractivity contribution in [2.45, 2.75) is 0 Å². The fourth-order valence-corrected chi connectivity index (χ4v) is 9.31. The van der Waals surface area contributed by atoms with Crippen molar-refractivity contribution in [1.82, 2.24) is 14.5 Å². The van der Waals surface area contributed by atoms with Crippen LogP contribution in [-0.4, -0.2) is 14.5 Å². The van der Waals surface area contributed by atoms with Gasteiger partial charge in [0.25, 0.3) is 0 Å². The van der Waals surface area contributed by atoms with Crippen molar-refractivity contribution >= 4 is 59.8 Å². The van der Waals surface area contributed by atoms with Crippen molar-refractivity contribution in [3.05, 3.63) is 218 Å². The normalized spacial score (nSPS) is 11.6. The Morgan fingerprint density at radius 1 is 0.377 bits per heavy atom. The lowest BCUT2D eigenvalue weighted by atomic mass is 9.87. The summed E-state index contributed by atoms with van der Waals surface area (Å²) in [5.41, 5.74) is 13.5. The van der Waals surface area contributed by atoms with Gasteiger partial charge in [0.15, 0.2) is 11.5 Å². The molecule has 0 aliphatic carbocycles. The Morgan fingerprint density at radius 3 is 1.56 bits per heavy atom. The van der Waals surface area contributed by atoms with Gasteiger partial charge in [0.1, 0.15) is 0 Å². The lowest BCUT2D eigenvalue weighted by Crippen LogP contribution is -1.97. The van der Waals surface area contributed by atoms with Gasteiger partial charge in [-0.25, -0.2) is 14.8 Å². The van der Waals surface area contributed by atoms with E-state index in [1.807, 2.05) is 30.3 Å². The van der Waals surface area contributed by atoms with Crippen molar-refractivity contribution in [1.29, 1.82) is 0 Å². The summed E-state index contributed by atoms with van der Waals surface area (Å²) in [4.78, 5) is 14.2. The zero-order chi connectivity index (χ0) is 40.4. The summed E-state index contributed by atoms with van der Waals surface area (Å²) in [5, 5.41) is 9.40. The molecule has 0 aliphatic heterocycles. The molecule has 0 fully saturated rings. The number of benzene rings is 10. The molecule has 0 unspecified atom stereocenters. The van der Waals surface area contributed by atoms with Gasteiger partial charge in [-0.1, -0.05) is 152 Å². The highest BCUT2D eigenvalue weighted by Gasteiger charge is 2.19. The van der Waals surface area contributed by atoms with Crippen LogP contribution in [0.5, 0.6) is 0 Å². The summed E-state index contributed by atoms with van der Waals surface area (Å²) in [6, 6.07) is 72.8. The highest BCUT2D eigenvalue weighted by Crippen LogP contribution is 2.43. The second kappa shape index (κ2) is 13.9. The van der Waals surface area contributed by atoms with Crippen molar-refractivity contribution in [2.24, 2.45) is 0 Å². The highest BCUT2D eigenvalue weighted by atomic mass is 15.0. The number of hydrogen-bond donors (Lipinski definition) is 0. The minimum Gasteiger partial charge on any atom is -0.309 e. The first-order valence-corrected chi connectivity index (χ1v) is 20.5. The zero-order valence-electron chi connectivity index (χ0n) is 32.9. The van der Waals surface area contributed by atoms with Crippen molar-refractivity contribution in [3.63, 3.8) is 0 Å². The Balaban J connectivity index is 1.01. The van der Waals surface area contributed by atoms with Crippen molar-refractivity contribution in [2.75, 3.05) is 0 Å². The second-order valence-electron chi connectivity index (χ2n) is 15.6. The van der Waals surface area contributed by atoms with Gasteiger partial charge >= 0.3 is 0 Å². The van der Waals surface area contributed by atoms with E-state index >= 15 is 0 Å². The topological polar surface area (TPSA) is 35.1 Å². The summed E-state index contributed by atoms with van der Waals surface area (Å²) in [7, 11) is 0. The summed E-state index contributed by atoms with van der Waals surface area (Å²) in [6.45, 7) is 7.74. The van der Waals surface area contributed by atoms with Crippen LogP contribution < -0.4 is 0 Å². The van der Waals surface area contributed by atoms with Crippen molar-refractivity contribution in [3.8, 4) is 61.8 Å². The van der Waals surface area contributed by atoms with Crippen LogP contribution in [0, 0.1) is 6.57 Å². The van der Waals surface area contributed by atoms with Crippen LogP contribution in [0.1, 0.15) is 0 Å². The molecule has 10 aromatic carbocycles. The van der Waals surface area contributed by atoms with Crippen LogP contribution in [0.15, 0.2) is 206 Å². The van der Waals surface area contributed by atoms with E-state index in [4.69, 9.17) is 16.5 Å². The van der Waals surface area contributed by atoms with E-state index in [1.54, 1.807) is 0 Å². The minimum absolute atomic E-state index is 0.637. The van der Waals surface area contributed by atoms with E-state index in [0.717, 1.165) is 77.6 Å². The average Bonchev–Trinajstić information content (AvgIpc) is 3.66. The first-order chi connectivity index (χ1) is 30.2. The van der Waals surface area contributed by atoms with Gasteiger partial charge in [0, 0.05) is 27.8 Å². The number of rotatable bonds is 6. The summed E-state index contributed by atoms with van der Waals surface area (Å²) >= 11 is 0. The molecule has 0 aliphatic rings. The Morgan fingerprint density at radius 2 is 0.902 bits per heavy atom. The van der Waals surface area contributed by atoms with Crippen LogP contribution in [0.25, 0.3) is 121 Å². The summed E-state index contributed by atoms with van der Waals surface area (Å²) < 4.78 is 2.29. The summed E-state index contributed by atoms with van der Waals surface area (Å²) in [6.07, 6.45) is 0. The standard InChI is InChI=1S/C57H34N4/c1-58-43-25-31-54-50(34-43)49-33-41(24-30-53(49)61(54)44-18-9-4-10-19-44)40-16-11-17-42(32-40)45-26-20-38-22-28-47-48(29-23-39-21-27-46(45)55(38)56(39)47)57-59-51(36-12-5-2-6-13-36)35-52(60-57)37-14-7-3-8-15-37/h2-35H. The van der Waals surface area contributed by atoms with Crippen molar-refractivity contribution < 1.29 is 0 Å². The van der Waals surface area contributed by atoms with E-state index in [-0.39, 0.29) is 0 Å². The molecule has 0 spiro atoms. The van der Waals surface area contributed by atoms with Crippen LogP contribution in [0.3, 0.4) is 0 Å². The molecule has 0 radical (unpaired) electrons. The van der Waals surface area contributed by atoms with E-state index in [1.165, 1.54) is 32.5 Å². The first-order valence-electron chi connectivity index (χ1n) is 20.5. The van der Waals surface area contributed by atoms with Gasteiger partial charge < -0.3 is 4.57 Å². The quantitative estimate of drug-likeness (QED) is 0.125. The molecule has 2 aromatic heterocycles. The van der Waals surface area contributed by atoms with Crippen LogP contribution in [0.2, 0.25) is 0 Å². The summed E-state index contributed by atoms with van der Waals surface area (Å²) in [5.74, 6) is 0.709. The maximum atomic E-state index is 7.74. The largest absolute Gasteiger partial charge is 0.309 e. The fourth-order valence-electron chi connectivity index (χ4n) is 9.31. The van der Waals surface area contributed by atoms with E-state index in [2.05, 4.69) is 185 Å². The smallest absolute Gasteiger partial charge is 0.188 e. The molecule has 0 N–H and O–H groups in total. The fraction of sp³-hybridized carbons (Fsp3) is 0. The van der Waals surface area contributed by atoms with Gasteiger partial charge in [-0.3, -0.25) is 0 Å². The molecule has 12 rings (SSSR count). The third kappa shape index (κ3) is 5.67. The Labute approximate surface area is 352 Å². The predicted molar refractivity (Wildman–Crippen MR) is 254 cm³/mol. The van der Waals surface area contributed by atoms with Gasteiger partial charge in [0.2, 0.25) is 0 Å². The van der Waals surface area contributed by atoms with Crippen LogP contribution in [-0.2, 0) is 0 Å². The van der Waals surface area contributed by atoms with Crippen LogP contribution in [0.4, 0.5) is 5.69 Å². The molecule has 61 heavy (non-hydrogen) atoms. The van der Waals surface area contributed by atoms with Gasteiger partial charge in [-0.05, 0) is 115 Å². The molecular weight excluding hydrogens is 741 g/mol. The highest BCUT2D eigenvalue weighted by molar-refractivity contribution is 6.27. The van der Waals surface area contributed by atoms with Gasteiger partial charge in [-0.15, -0.1) is 0 Å². The molecule has 0 saturated carbocycles.